The van der Waals surface area contributed by atoms with E-state index in [2.05, 4.69) is 49.2 Å². The first-order valence-electron chi connectivity index (χ1n) is 14.3. The van der Waals surface area contributed by atoms with Gasteiger partial charge in [0.15, 0.2) is 13.8 Å². The SMILES string of the molecule is CC(=O)O[C@H](C)c1ccc2ccc(C=CC(C)(C(=O)On3nnc4ncccc43)C(C)(C)O[Si](C)(C)C(C)(C)C)cc2n1. The number of pyridine rings is 2. The number of nitrogens with zero attached hydrogens (tertiary/aromatic N) is 5. The van der Waals surface area contributed by atoms with Crippen molar-refractivity contribution in [3.05, 3.63) is 66.0 Å². The van der Waals surface area contributed by atoms with E-state index in [0.29, 0.717) is 16.9 Å². The van der Waals surface area contributed by atoms with Crippen LogP contribution in [0.25, 0.3) is 28.1 Å². The molecule has 10 nitrogen and oxygen atoms in total. The summed E-state index contributed by atoms with van der Waals surface area (Å²) in [6, 6.07) is 13.1. The van der Waals surface area contributed by atoms with E-state index in [-0.39, 0.29) is 11.0 Å². The molecule has 3 heterocycles. The van der Waals surface area contributed by atoms with Crippen molar-refractivity contribution in [2.75, 3.05) is 0 Å². The molecule has 11 heteroatoms. The fraction of sp³-hybridized carbons (Fsp3) is 0.438. The smallest absolute Gasteiger partial charge is 0.347 e. The molecule has 0 N–H and O–H groups in total. The Kier molecular flexibility index (Phi) is 8.63. The lowest BCUT2D eigenvalue weighted by Crippen LogP contribution is -2.57. The van der Waals surface area contributed by atoms with Gasteiger partial charge in [0.25, 0.3) is 0 Å². The molecule has 0 amide bonds. The van der Waals surface area contributed by atoms with Crippen LogP contribution in [0.2, 0.25) is 18.1 Å². The molecule has 0 aliphatic heterocycles. The first kappa shape index (κ1) is 32.0. The Morgan fingerprint density at radius 1 is 1.02 bits per heavy atom. The number of carbonyl (C=O) groups is 2. The molecule has 0 aliphatic carbocycles. The maximum Gasteiger partial charge on any atom is 0.347 e. The first-order chi connectivity index (χ1) is 19.9. The molecule has 0 radical (unpaired) electrons. The molecule has 0 spiro atoms. The standard InChI is InChI=1S/C32H41N5O5Si/c1-21(40-22(2)38)25-16-15-24-14-13-23(20-26(24)34-25)17-18-32(8,31(6,7)42-43(9,10)30(3,4)5)29(39)41-37-27-12-11-19-33-28(27)35-36-37/h11-21H,1-10H3/t21-,32?/m1/s1. The summed E-state index contributed by atoms with van der Waals surface area (Å²) in [5.41, 5.74) is 0.837. The van der Waals surface area contributed by atoms with Crippen LogP contribution >= 0.6 is 0 Å². The van der Waals surface area contributed by atoms with Crippen molar-refractivity contribution in [1.82, 2.24) is 25.1 Å². The van der Waals surface area contributed by atoms with E-state index in [4.69, 9.17) is 19.0 Å². The molecular formula is C32H41N5O5Si. The van der Waals surface area contributed by atoms with Crippen LogP contribution in [0.5, 0.6) is 0 Å². The molecule has 0 bridgehead atoms. The van der Waals surface area contributed by atoms with Gasteiger partial charge in [0.2, 0.25) is 5.65 Å². The molecule has 1 aromatic carbocycles. The van der Waals surface area contributed by atoms with Gasteiger partial charge in [-0.05, 0) is 80.9 Å². The third-order valence-corrected chi connectivity index (χ3v) is 13.1. The molecule has 228 valence electrons. The number of esters is 1. The van der Waals surface area contributed by atoms with Crippen molar-refractivity contribution in [3.63, 3.8) is 0 Å². The van der Waals surface area contributed by atoms with Gasteiger partial charge in [-0.25, -0.2) is 14.8 Å². The fourth-order valence-corrected chi connectivity index (χ4v) is 6.24. The van der Waals surface area contributed by atoms with E-state index < -0.39 is 31.4 Å². The third kappa shape index (κ3) is 6.67. The van der Waals surface area contributed by atoms with Crippen molar-refractivity contribution in [3.8, 4) is 0 Å². The summed E-state index contributed by atoms with van der Waals surface area (Å²) in [5.74, 6) is -0.922. The van der Waals surface area contributed by atoms with E-state index in [1.165, 1.54) is 6.92 Å². The summed E-state index contributed by atoms with van der Waals surface area (Å²) >= 11 is 0. The molecule has 0 saturated heterocycles. The van der Waals surface area contributed by atoms with Crippen molar-refractivity contribution in [2.45, 2.75) is 85.2 Å². The van der Waals surface area contributed by atoms with E-state index >= 15 is 0 Å². The maximum absolute atomic E-state index is 14.1. The normalized spacial score (nSPS) is 15.0. The topological polar surface area (TPSA) is 118 Å². The lowest BCUT2D eigenvalue weighted by atomic mass is 9.75. The molecule has 4 aromatic rings. The van der Waals surface area contributed by atoms with E-state index in [1.807, 2.05) is 63.3 Å². The largest absolute Gasteiger partial charge is 0.456 e. The highest BCUT2D eigenvalue weighted by Crippen LogP contribution is 2.45. The zero-order valence-corrected chi connectivity index (χ0v) is 27.6. The van der Waals surface area contributed by atoms with Crippen molar-refractivity contribution in [1.29, 1.82) is 0 Å². The number of hydrogen-bond acceptors (Lipinski definition) is 9. The van der Waals surface area contributed by atoms with Crippen LogP contribution in [0.3, 0.4) is 0 Å². The molecule has 0 aliphatic rings. The van der Waals surface area contributed by atoms with Crippen LogP contribution in [0.15, 0.2) is 54.7 Å². The molecule has 1 unspecified atom stereocenters. The number of ether oxygens (including phenoxy) is 1. The highest BCUT2D eigenvalue weighted by atomic mass is 28.4. The second kappa shape index (κ2) is 11.6. The fourth-order valence-electron chi connectivity index (χ4n) is 4.45. The van der Waals surface area contributed by atoms with Gasteiger partial charge >= 0.3 is 11.9 Å². The second-order valence-corrected chi connectivity index (χ2v) is 17.8. The maximum atomic E-state index is 14.1. The average molecular weight is 604 g/mol. The van der Waals surface area contributed by atoms with E-state index in [1.54, 1.807) is 25.3 Å². The van der Waals surface area contributed by atoms with E-state index in [0.717, 1.165) is 21.3 Å². The van der Waals surface area contributed by atoms with Crippen LogP contribution in [0, 0.1) is 5.41 Å². The lowest BCUT2D eigenvalue weighted by molar-refractivity contribution is -0.164. The summed E-state index contributed by atoms with van der Waals surface area (Å²) < 4.78 is 12.2. The van der Waals surface area contributed by atoms with Gasteiger partial charge in [0, 0.05) is 18.5 Å². The first-order valence-corrected chi connectivity index (χ1v) is 17.2. The van der Waals surface area contributed by atoms with Crippen molar-refractivity contribution >= 4 is 48.4 Å². The lowest BCUT2D eigenvalue weighted by Gasteiger charge is -2.48. The van der Waals surface area contributed by atoms with Gasteiger partial charge in [0.1, 0.15) is 11.5 Å². The highest BCUT2D eigenvalue weighted by molar-refractivity contribution is 6.74. The molecule has 4 rings (SSSR count). The van der Waals surface area contributed by atoms with Crippen LogP contribution in [-0.4, -0.2) is 51.0 Å². The number of fused-ring (bicyclic) bond motifs is 2. The van der Waals surface area contributed by atoms with Gasteiger partial charge in [-0.15, -0.1) is 5.10 Å². The Labute approximate surface area is 253 Å². The summed E-state index contributed by atoms with van der Waals surface area (Å²) in [4.78, 5) is 41.4. The van der Waals surface area contributed by atoms with Gasteiger partial charge in [-0.3, -0.25) is 4.79 Å². The quantitative estimate of drug-likeness (QED) is 0.120. The minimum absolute atomic E-state index is 0.0858. The molecule has 43 heavy (non-hydrogen) atoms. The molecule has 2 atom stereocenters. The molecule has 0 saturated carbocycles. The number of hydrogen-bond donors (Lipinski definition) is 0. The monoisotopic (exact) mass is 603 g/mol. The van der Waals surface area contributed by atoms with Gasteiger partial charge in [0.05, 0.1) is 16.8 Å². The Bertz CT molecular complexity index is 1690. The van der Waals surface area contributed by atoms with Crippen LogP contribution < -0.4 is 4.84 Å². The zero-order chi connectivity index (χ0) is 31.8. The number of carbonyl (C=O) groups excluding carboxylic acids is 2. The van der Waals surface area contributed by atoms with Crippen LogP contribution in [-0.2, 0) is 18.8 Å². The van der Waals surface area contributed by atoms with Crippen LogP contribution in [0.1, 0.15) is 72.8 Å². The number of benzene rings is 1. The minimum atomic E-state index is -2.32. The average Bonchev–Trinajstić information content (AvgIpc) is 3.32. The Morgan fingerprint density at radius 2 is 1.72 bits per heavy atom. The minimum Gasteiger partial charge on any atom is -0.456 e. The summed E-state index contributed by atoms with van der Waals surface area (Å²) in [6.07, 6.45) is 4.83. The highest BCUT2D eigenvalue weighted by Gasteiger charge is 2.53. The summed E-state index contributed by atoms with van der Waals surface area (Å²) in [6.45, 7) is 19.6. The molecular weight excluding hydrogens is 562 g/mol. The predicted octanol–water partition coefficient (Wildman–Crippen LogP) is 6.47. The molecule has 3 aromatic heterocycles. The zero-order valence-electron chi connectivity index (χ0n) is 26.6. The van der Waals surface area contributed by atoms with Crippen molar-refractivity contribution in [2.24, 2.45) is 5.41 Å². The molecule has 0 fully saturated rings. The van der Waals surface area contributed by atoms with Crippen molar-refractivity contribution < 1.29 is 23.6 Å². The predicted molar refractivity (Wildman–Crippen MR) is 168 cm³/mol. The number of aromatic nitrogens is 5. The van der Waals surface area contributed by atoms with Gasteiger partial charge in [-0.2, -0.15) is 0 Å². The Hall–Kier alpha value is -3.96. The third-order valence-electron chi connectivity index (χ3n) is 8.46. The Morgan fingerprint density at radius 3 is 2.40 bits per heavy atom. The summed E-state index contributed by atoms with van der Waals surface area (Å²) in [7, 11) is -2.32. The Balaban J connectivity index is 1.74. The van der Waals surface area contributed by atoms with Crippen LogP contribution in [0.4, 0.5) is 0 Å². The summed E-state index contributed by atoms with van der Waals surface area (Å²) in [5, 5.41) is 8.87. The second-order valence-electron chi connectivity index (χ2n) is 13.0. The van der Waals surface area contributed by atoms with Gasteiger partial charge < -0.3 is 14.0 Å². The number of rotatable bonds is 9. The van der Waals surface area contributed by atoms with E-state index in [9.17, 15) is 9.59 Å². The van der Waals surface area contributed by atoms with Gasteiger partial charge in [-0.1, -0.05) is 56.0 Å².